The fraction of sp³-hybridized carbons (Fsp3) is 0.200. The number of nitrogens with one attached hydrogen (secondary N) is 1. The van der Waals surface area contributed by atoms with Gasteiger partial charge in [-0.25, -0.2) is 8.42 Å². The summed E-state index contributed by atoms with van der Waals surface area (Å²) in [5.41, 5.74) is 0.386. The number of carbonyl (C=O) groups is 1. The van der Waals surface area contributed by atoms with Gasteiger partial charge in [0.25, 0.3) is 5.91 Å². The van der Waals surface area contributed by atoms with Crippen molar-refractivity contribution < 1.29 is 13.2 Å². The quantitative estimate of drug-likeness (QED) is 0.879. The molecule has 1 atom stereocenters. The number of halogens is 1. The Morgan fingerprint density at radius 3 is 2.82 bits per heavy atom. The highest BCUT2D eigenvalue weighted by Crippen LogP contribution is 2.11. The van der Waals surface area contributed by atoms with Crippen molar-refractivity contribution in [2.45, 2.75) is 6.04 Å². The molecule has 2 rings (SSSR count). The Morgan fingerprint density at radius 1 is 1.47 bits per heavy atom. The topological polar surface area (TPSA) is 76.1 Å². The van der Waals surface area contributed by atoms with Gasteiger partial charge < -0.3 is 5.32 Å². The van der Waals surface area contributed by atoms with Gasteiger partial charge in [0.05, 0.1) is 17.4 Å². The lowest BCUT2D eigenvalue weighted by Gasteiger charge is -2.09. The van der Waals surface area contributed by atoms with Crippen molar-refractivity contribution in [3.8, 4) is 0 Å². The molecule has 1 aromatic rings. The molecular formula is C10H9BrN2O3S. The van der Waals surface area contributed by atoms with Crippen LogP contribution in [0.3, 0.4) is 0 Å². The summed E-state index contributed by atoms with van der Waals surface area (Å²) in [6.07, 6.45) is 4.46. The Labute approximate surface area is 107 Å². The Bertz CT molecular complexity index is 583. The number of aromatic nitrogens is 1. The average molecular weight is 317 g/mol. The van der Waals surface area contributed by atoms with Crippen LogP contribution in [0.2, 0.25) is 0 Å². The first kappa shape index (κ1) is 12.3. The zero-order valence-corrected chi connectivity index (χ0v) is 11.0. The molecule has 1 N–H and O–H groups in total. The van der Waals surface area contributed by atoms with Gasteiger partial charge in [0.15, 0.2) is 9.84 Å². The van der Waals surface area contributed by atoms with E-state index in [1.165, 1.54) is 12.3 Å². The van der Waals surface area contributed by atoms with Crippen LogP contribution in [0.5, 0.6) is 0 Å². The first-order valence-electron chi connectivity index (χ1n) is 4.79. The summed E-state index contributed by atoms with van der Waals surface area (Å²) < 4.78 is 23.0. The third kappa shape index (κ3) is 3.13. The van der Waals surface area contributed by atoms with E-state index in [4.69, 9.17) is 0 Å². The number of nitrogens with zero attached hydrogens (tertiary/aromatic N) is 1. The predicted molar refractivity (Wildman–Crippen MR) is 66.1 cm³/mol. The Hall–Kier alpha value is -1.21. The lowest BCUT2D eigenvalue weighted by Crippen LogP contribution is -2.35. The van der Waals surface area contributed by atoms with E-state index in [-0.39, 0.29) is 11.7 Å². The maximum absolute atomic E-state index is 11.8. The van der Waals surface area contributed by atoms with Crippen molar-refractivity contribution in [1.82, 2.24) is 10.3 Å². The number of pyridine rings is 1. The van der Waals surface area contributed by atoms with E-state index in [9.17, 15) is 13.2 Å². The number of rotatable bonds is 2. The highest BCUT2D eigenvalue weighted by molar-refractivity contribution is 9.10. The number of hydrogen-bond donors (Lipinski definition) is 1. The summed E-state index contributed by atoms with van der Waals surface area (Å²) in [7, 11) is -3.15. The summed E-state index contributed by atoms with van der Waals surface area (Å²) in [6.45, 7) is 0. The fourth-order valence-electron chi connectivity index (χ4n) is 1.45. The molecule has 0 aromatic carbocycles. The van der Waals surface area contributed by atoms with Crippen LogP contribution in [0.1, 0.15) is 10.4 Å². The van der Waals surface area contributed by atoms with Crippen LogP contribution in [0.25, 0.3) is 0 Å². The molecule has 1 aliphatic rings. The highest BCUT2D eigenvalue weighted by Gasteiger charge is 2.23. The molecule has 5 nitrogen and oxygen atoms in total. The molecule has 1 amide bonds. The van der Waals surface area contributed by atoms with Crippen molar-refractivity contribution >= 4 is 31.7 Å². The van der Waals surface area contributed by atoms with Gasteiger partial charge >= 0.3 is 0 Å². The molecule has 0 radical (unpaired) electrons. The van der Waals surface area contributed by atoms with Crippen LogP contribution in [0.15, 0.2) is 34.4 Å². The lowest BCUT2D eigenvalue weighted by molar-refractivity contribution is 0.0947. The maximum atomic E-state index is 11.8. The third-order valence-electron chi connectivity index (χ3n) is 2.21. The summed E-state index contributed by atoms with van der Waals surface area (Å²) in [4.78, 5) is 15.6. The summed E-state index contributed by atoms with van der Waals surface area (Å²) in [5.74, 6) is -0.425. The van der Waals surface area contributed by atoms with E-state index in [2.05, 4.69) is 26.2 Å². The average Bonchev–Trinajstić information content (AvgIpc) is 2.58. The monoisotopic (exact) mass is 316 g/mol. The van der Waals surface area contributed by atoms with E-state index in [1.807, 2.05) is 0 Å². The molecule has 1 aromatic heterocycles. The molecule has 0 spiro atoms. The molecule has 1 aliphatic heterocycles. The molecule has 2 heterocycles. The van der Waals surface area contributed by atoms with Gasteiger partial charge in [0.1, 0.15) is 0 Å². The van der Waals surface area contributed by atoms with E-state index >= 15 is 0 Å². The Balaban J connectivity index is 2.06. The predicted octanol–water partition coefficient (Wildman–Crippen LogP) is 0.885. The van der Waals surface area contributed by atoms with Gasteiger partial charge in [-0.05, 0) is 28.1 Å². The van der Waals surface area contributed by atoms with Gasteiger partial charge in [-0.2, -0.15) is 0 Å². The molecule has 7 heteroatoms. The van der Waals surface area contributed by atoms with Crippen molar-refractivity contribution in [1.29, 1.82) is 0 Å². The van der Waals surface area contributed by atoms with Crippen LogP contribution >= 0.6 is 15.9 Å². The van der Waals surface area contributed by atoms with Crippen LogP contribution in [-0.2, 0) is 9.84 Å². The first-order valence-corrected chi connectivity index (χ1v) is 7.29. The molecule has 0 bridgehead atoms. The zero-order chi connectivity index (χ0) is 12.5. The van der Waals surface area contributed by atoms with Gasteiger partial charge in [0.2, 0.25) is 0 Å². The number of carbonyl (C=O) groups excluding carboxylic acids is 1. The SMILES string of the molecule is O=C(NC1C=CS(=O)(=O)C1)c1cncc(Br)c1. The molecule has 1 unspecified atom stereocenters. The summed E-state index contributed by atoms with van der Waals surface area (Å²) in [6, 6.07) is 1.15. The highest BCUT2D eigenvalue weighted by atomic mass is 79.9. The standard InChI is InChI=1S/C10H9BrN2O3S/c11-8-3-7(4-12-5-8)10(14)13-9-1-2-17(15,16)6-9/h1-5,9H,6H2,(H,13,14). The van der Waals surface area contributed by atoms with Crippen LogP contribution in [-0.4, -0.2) is 31.1 Å². The molecule has 90 valence electrons. The Kier molecular flexibility index (Phi) is 3.30. The largest absolute Gasteiger partial charge is 0.345 e. The van der Waals surface area contributed by atoms with Crippen molar-refractivity contribution in [2.75, 3.05) is 5.75 Å². The minimum Gasteiger partial charge on any atom is -0.345 e. The van der Waals surface area contributed by atoms with Gasteiger partial charge in [-0.1, -0.05) is 0 Å². The van der Waals surface area contributed by atoms with E-state index < -0.39 is 15.9 Å². The first-order chi connectivity index (χ1) is 7.96. The normalized spacial score (nSPS) is 21.4. The Morgan fingerprint density at radius 2 is 2.24 bits per heavy atom. The van der Waals surface area contributed by atoms with Crippen LogP contribution in [0.4, 0.5) is 0 Å². The van der Waals surface area contributed by atoms with Gasteiger partial charge in [0, 0.05) is 22.3 Å². The number of sulfone groups is 1. The molecule has 0 saturated carbocycles. The van der Waals surface area contributed by atoms with E-state index in [0.717, 1.165) is 5.41 Å². The second-order valence-corrected chi connectivity index (χ2v) is 6.48. The van der Waals surface area contributed by atoms with E-state index in [0.29, 0.717) is 10.0 Å². The molecular weight excluding hydrogens is 308 g/mol. The zero-order valence-electron chi connectivity index (χ0n) is 8.63. The van der Waals surface area contributed by atoms with Crippen molar-refractivity contribution in [2.24, 2.45) is 0 Å². The molecule has 0 fully saturated rings. The summed E-state index contributed by atoms with van der Waals surface area (Å²) >= 11 is 3.21. The van der Waals surface area contributed by atoms with Crippen molar-refractivity contribution in [3.05, 3.63) is 40.0 Å². The summed E-state index contributed by atoms with van der Waals surface area (Å²) in [5, 5.41) is 3.73. The van der Waals surface area contributed by atoms with Gasteiger partial charge in [-0.15, -0.1) is 0 Å². The molecule has 0 saturated heterocycles. The third-order valence-corrected chi connectivity index (χ3v) is 4.04. The lowest BCUT2D eigenvalue weighted by atomic mass is 10.2. The number of hydrogen-bond acceptors (Lipinski definition) is 4. The number of amides is 1. The van der Waals surface area contributed by atoms with Gasteiger partial charge in [-0.3, -0.25) is 9.78 Å². The minimum absolute atomic E-state index is 0.0832. The molecule has 0 aliphatic carbocycles. The van der Waals surface area contributed by atoms with E-state index in [1.54, 1.807) is 12.3 Å². The molecule has 17 heavy (non-hydrogen) atoms. The minimum atomic E-state index is -3.15. The second-order valence-electron chi connectivity index (χ2n) is 3.63. The van der Waals surface area contributed by atoms with Crippen LogP contribution < -0.4 is 5.32 Å². The second kappa shape index (κ2) is 4.58. The van der Waals surface area contributed by atoms with Crippen LogP contribution in [0, 0.1) is 0 Å². The maximum Gasteiger partial charge on any atom is 0.253 e. The van der Waals surface area contributed by atoms with Crippen molar-refractivity contribution in [3.63, 3.8) is 0 Å². The smallest absolute Gasteiger partial charge is 0.253 e. The fourth-order valence-corrected chi connectivity index (χ4v) is 3.05.